The molecule has 4 rings (SSSR count). The lowest BCUT2D eigenvalue weighted by Crippen LogP contribution is -2.58. The number of piperidine rings is 1. The van der Waals surface area contributed by atoms with Gasteiger partial charge in [0, 0.05) is 18.7 Å². The molecule has 5 heteroatoms. The van der Waals surface area contributed by atoms with E-state index in [0.29, 0.717) is 29.7 Å². The van der Waals surface area contributed by atoms with Gasteiger partial charge in [0.15, 0.2) is 11.5 Å². The molecule has 2 aromatic carbocycles. The van der Waals surface area contributed by atoms with Crippen molar-refractivity contribution in [2.45, 2.75) is 44.6 Å². The smallest absolute Gasteiger partial charge is 0.161 e. The number of benzene rings is 2. The van der Waals surface area contributed by atoms with Gasteiger partial charge in [-0.1, -0.05) is 19.9 Å². The Kier molecular flexibility index (Phi) is 4.22. The van der Waals surface area contributed by atoms with Crippen LogP contribution in [0.1, 0.15) is 37.0 Å². The average Bonchev–Trinajstić information content (AvgIpc) is 2.62. The van der Waals surface area contributed by atoms with Gasteiger partial charge >= 0.3 is 0 Å². The van der Waals surface area contributed by atoms with Crippen molar-refractivity contribution < 1.29 is 20.4 Å². The summed E-state index contributed by atoms with van der Waals surface area (Å²) in [4.78, 5) is 2.48. The molecule has 1 heterocycles. The number of rotatable bonds is 3. The molecule has 0 spiro atoms. The van der Waals surface area contributed by atoms with Crippen molar-refractivity contribution in [3.63, 3.8) is 0 Å². The number of fused-ring (bicyclic) bond motifs is 4. The molecule has 3 atom stereocenters. The van der Waals surface area contributed by atoms with E-state index in [1.54, 1.807) is 6.07 Å². The fraction of sp³-hybridized carbons (Fsp3) is 0.455. The number of nitrogens with zero attached hydrogens (tertiary/aromatic N) is 1. The topological polar surface area (TPSA) is 84.2 Å². The summed E-state index contributed by atoms with van der Waals surface area (Å²) in [6.07, 6.45) is 2.59. The molecule has 4 N–H and O–H groups in total. The second-order valence-electron chi connectivity index (χ2n) is 8.32. The van der Waals surface area contributed by atoms with E-state index in [0.717, 1.165) is 25.9 Å². The summed E-state index contributed by atoms with van der Waals surface area (Å²) in [5.41, 5.74) is 3.31. The van der Waals surface area contributed by atoms with Crippen LogP contribution in [0.3, 0.4) is 0 Å². The van der Waals surface area contributed by atoms with Crippen molar-refractivity contribution in [1.29, 1.82) is 0 Å². The van der Waals surface area contributed by atoms with Crippen LogP contribution in [0.4, 0.5) is 0 Å². The Labute approximate surface area is 159 Å². The van der Waals surface area contributed by atoms with E-state index in [-0.39, 0.29) is 22.7 Å². The van der Waals surface area contributed by atoms with Crippen LogP contribution in [-0.4, -0.2) is 44.5 Å². The summed E-state index contributed by atoms with van der Waals surface area (Å²) in [6.45, 7) is 6.36. The van der Waals surface area contributed by atoms with Crippen molar-refractivity contribution in [2.24, 2.45) is 5.92 Å². The van der Waals surface area contributed by atoms with Crippen LogP contribution in [0.2, 0.25) is 0 Å². The van der Waals surface area contributed by atoms with Crippen molar-refractivity contribution in [3.05, 3.63) is 47.0 Å². The SMILES string of the molecule is C[C@H]1[C@@H]2Cc3ccc(O)cc3[C@]1(C)CCN2CCc1cc(O)c(O)cc1O. The standard InChI is InChI=1S/C22H27NO4/c1-13-18-9-14-3-4-16(24)11-17(14)22(13,2)6-8-23(18)7-5-15-10-20(26)21(27)12-19(15)25/h3-4,10-13,18,24-27H,5-9H2,1-2H3/t13-,18-,22+/m0/s1. The molecule has 1 saturated heterocycles. The van der Waals surface area contributed by atoms with Crippen LogP contribution < -0.4 is 0 Å². The molecule has 0 radical (unpaired) electrons. The predicted molar refractivity (Wildman–Crippen MR) is 103 cm³/mol. The lowest BCUT2D eigenvalue weighted by molar-refractivity contribution is 0.0321. The predicted octanol–water partition coefficient (Wildman–Crippen LogP) is 3.28. The van der Waals surface area contributed by atoms with Crippen LogP contribution in [0.25, 0.3) is 0 Å². The van der Waals surface area contributed by atoms with E-state index in [2.05, 4.69) is 24.8 Å². The fourth-order valence-corrected chi connectivity index (χ4v) is 5.05. The van der Waals surface area contributed by atoms with E-state index >= 15 is 0 Å². The number of aromatic hydroxyl groups is 4. The third kappa shape index (κ3) is 2.90. The van der Waals surface area contributed by atoms with Crippen LogP contribution >= 0.6 is 0 Å². The minimum atomic E-state index is -0.300. The highest BCUT2D eigenvalue weighted by Gasteiger charge is 2.48. The Morgan fingerprint density at radius 3 is 2.56 bits per heavy atom. The Morgan fingerprint density at radius 2 is 1.78 bits per heavy atom. The molecular weight excluding hydrogens is 342 g/mol. The van der Waals surface area contributed by atoms with E-state index in [1.807, 2.05) is 6.07 Å². The van der Waals surface area contributed by atoms with Gasteiger partial charge in [-0.25, -0.2) is 0 Å². The largest absolute Gasteiger partial charge is 0.508 e. The first-order valence-electron chi connectivity index (χ1n) is 9.60. The number of hydrogen-bond donors (Lipinski definition) is 4. The maximum atomic E-state index is 10.1. The molecule has 0 amide bonds. The zero-order valence-electron chi connectivity index (χ0n) is 15.8. The maximum Gasteiger partial charge on any atom is 0.161 e. The zero-order chi connectivity index (χ0) is 19.3. The van der Waals surface area contributed by atoms with Crippen molar-refractivity contribution in [2.75, 3.05) is 13.1 Å². The number of likely N-dealkylation sites (tertiary alicyclic amines) is 1. The Hall–Kier alpha value is -2.40. The Bertz CT molecular complexity index is 881. The maximum absolute atomic E-state index is 10.1. The highest BCUT2D eigenvalue weighted by molar-refractivity contribution is 5.48. The van der Waals surface area contributed by atoms with Gasteiger partial charge in [0.25, 0.3) is 0 Å². The molecule has 2 aliphatic rings. The lowest BCUT2D eigenvalue weighted by atomic mass is 9.59. The minimum Gasteiger partial charge on any atom is -0.508 e. The summed E-state index contributed by atoms with van der Waals surface area (Å²) in [5, 5.41) is 39.2. The van der Waals surface area contributed by atoms with Crippen molar-refractivity contribution in [1.82, 2.24) is 4.90 Å². The normalized spacial score (nSPS) is 27.3. The first kappa shape index (κ1) is 18.0. The molecule has 144 valence electrons. The molecule has 2 aromatic rings. The van der Waals surface area contributed by atoms with Gasteiger partial charge in [-0.05, 0) is 72.0 Å². The molecule has 2 bridgehead atoms. The highest BCUT2D eigenvalue weighted by atomic mass is 16.3. The highest BCUT2D eigenvalue weighted by Crippen LogP contribution is 2.49. The molecule has 1 aliphatic carbocycles. The van der Waals surface area contributed by atoms with Crippen molar-refractivity contribution >= 4 is 0 Å². The Morgan fingerprint density at radius 1 is 1.04 bits per heavy atom. The van der Waals surface area contributed by atoms with E-state index in [9.17, 15) is 20.4 Å². The summed E-state index contributed by atoms with van der Waals surface area (Å²) in [5.74, 6) is 0.317. The zero-order valence-corrected chi connectivity index (χ0v) is 15.8. The third-order valence-electron chi connectivity index (χ3n) is 6.95. The van der Waals surface area contributed by atoms with Crippen LogP contribution in [0.15, 0.2) is 30.3 Å². The second kappa shape index (κ2) is 6.34. The average molecular weight is 369 g/mol. The molecule has 1 fully saturated rings. The minimum absolute atomic E-state index is 0.0182. The summed E-state index contributed by atoms with van der Waals surface area (Å²) < 4.78 is 0. The van der Waals surface area contributed by atoms with Crippen LogP contribution in [-0.2, 0) is 18.3 Å². The third-order valence-corrected chi connectivity index (χ3v) is 6.95. The number of phenols is 4. The summed E-state index contributed by atoms with van der Waals surface area (Å²) in [6, 6.07) is 8.82. The molecule has 0 unspecified atom stereocenters. The van der Waals surface area contributed by atoms with Gasteiger partial charge in [0.2, 0.25) is 0 Å². The van der Waals surface area contributed by atoms with Gasteiger partial charge in [-0.2, -0.15) is 0 Å². The van der Waals surface area contributed by atoms with Crippen LogP contribution in [0.5, 0.6) is 23.0 Å². The van der Waals surface area contributed by atoms with E-state index in [1.165, 1.54) is 23.3 Å². The van der Waals surface area contributed by atoms with E-state index < -0.39 is 0 Å². The van der Waals surface area contributed by atoms with Gasteiger partial charge in [0.05, 0.1) is 0 Å². The van der Waals surface area contributed by atoms with Gasteiger partial charge < -0.3 is 20.4 Å². The Balaban J connectivity index is 1.56. The quantitative estimate of drug-likeness (QED) is 0.493. The molecule has 1 aliphatic heterocycles. The summed E-state index contributed by atoms with van der Waals surface area (Å²) >= 11 is 0. The number of hydrogen-bond acceptors (Lipinski definition) is 5. The van der Waals surface area contributed by atoms with Crippen LogP contribution in [0, 0.1) is 5.92 Å². The van der Waals surface area contributed by atoms with E-state index in [4.69, 9.17) is 0 Å². The molecule has 0 saturated carbocycles. The fourth-order valence-electron chi connectivity index (χ4n) is 5.05. The molecule has 0 aromatic heterocycles. The lowest BCUT2D eigenvalue weighted by Gasteiger charge is -2.54. The molecular formula is C22H27NO4. The van der Waals surface area contributed by atoms with Gasteiger partial charge in [0.1, 0.15) is 11.5 Å². The monoisotopic (exact) mass is 369 g/mol. The summed E-state index contributed by atoms with van der Waals surface area (Å²) in [7, 11) is 0. The molecule has 27 heavy (non-hydrogen) atoms. The first-order valence-corrected chi connectivity index (χ1v) is 9.60. The number of phenolic OH excluding ortho intramolecular Hbond substituents is 4. The second-order valence-corrected chi connectivity index (χ2v) is 8.32. The first-order chi connectivity index (χ1) is 12.8. The van der Waals surface area contributed by atoms with Crippen molar-refractivity contribution in [3.8, 4) is 23.0 Å². The van der Waals surface area contributed by atoms with Gasteiger partial charge in [-0.3, -0.25) is 4.90 Å². The van der Waals surface area contributed by atoms with Gasteiger partial charge in [-0.15, -0.1) is 0 Å². The molecule has 5 nitrogen and oxygen atoms in total.